The van der Waals surface area contributed by atoms with Crippen molar-refractivity contribution in [3.63, 3.8) is 0 Å². The molecule has 22 heavy (non-hydrogen) atoms. The third-order valence-electron chi connectivity index (χ3n) is 4.85. The summed E-state index contributed by atoms with van der Waals surface area (Å²) in [5, 5.41) is 10.2. The van der Waals surface area contributed by atoms with Crippen LogP contribution in [-0.2, 0) is 25.6 Å². The molecule has 1 saturated carbocycles. The predicted octanol–water partition coefficient (Wildman–Crippen LogP) is 1.97. The van der Waals surface area contributed by atoms with E-state index in [1.807, 2.05) is 44.2 Å². The third kappa shape index (κ3) is 2.20. The highest BCUT2D eigenvalue weighted by atomic mass is 16.8. The molecular weight excluding hydrogens is 284 g/mol. The molecule has 2 aliphatic heterocycles. The van der Waals surface area contributed by atoms with Gasteiger partial charge in [-0.15, -0.1) is 0 Å². The fourth-order valence-electron chi connectivity index (χ4n) is 3.64. The van der Waals surface area contributed by atoms with Crippen LogP contribution in [-0.4, -0.2) is 41.1 Å². The molecule has 2 saturated heterocycles. The first-order valence-electron chi connectivity index (χ1n) is 7.87. The molecule has 3 fully saturated rings. The molecule has 0 amide bonds. The first kappa shape index (κ1) is 14.6. The van der Waals surface area contributed by atoms with Crippen molar-refractivity contribution < 1.29 is 24.1 Å². The van der Waals surface area contributed by atoms with Crippen molar-refractivity contribution in [2.24, 2.45) is 0 Å². The van der Waals surface area contributed by atoms with Gasteiger partial charge in [-0.25, -0.2) is 0 Å². The van der Waals surface area contributed by atoms with Gasteiger partial charge in [0, 0.05) is 0 Å². The van der Waals surface area contributed by atoms with Crippen LogP contribution in [0.4, 0.5) is 0 Å². The van der Waals surface area contributed by atoms with Crippen molar-refractivity contribution in [2.45, 2.75) is 69.3 Å². The van der Waals surface area contributed by atoms with Crippen LogP contribution < -0.4 is 0 Å². The lowest BCUT2D eigenvalue weighted by molar-refractivity contribution is -0.287. The Balaban J connectivity index is 1.53. The van der Waals surface area contributed by atoms with E-state index in [1.165, 1.54) is 0 Å². The van der Waals surface area contributed by atoms with Crippen LogP contribution in [0.3, 0.4) is 0 Å². The van der Waals surface area contributed by atoms with Crippen LogP contribution >= 0.6 is 0 Å². The molecule has 1 spiro atoms. The van der Waals surface area contributed by atoms with Crippen LogP contribution in [0.1, 0.15) is 32.3 Å². The Bertz CT molecular complexity index is 545. The van der Waals surface area contributed by atoms with Crippen molar-refractivity contribution in [1.82, 2.24) is 0 Å². The average molecular weight is 306 g/mol. The molecule has 5 heteroatoms. The largest absolute Gasteiger partial charge is 0.390 e. The molecule has 1 aromatic carbocycles. The average Bonchev–Trinajstić information content (AvgIpc) is 2.95. The summed E-state index contributed by atoms with van der Waals surface area (Å²) in [7, 11) is 0. The Kier molecular flexibility index (Phi) is 3.33. The Hall–Kier alpha value is -0.980. The van der Waals surface area contributed by atoms with E-state index in [0.29, 0.717) is 6.61 Å². The molecule has 3 aliphatic rings. The van der Waals surface area contributed by atoms with Gasteiger partial charge >= 0.3 is 0 Å². The maximum Gasteiger partial charge on any atom is 0.190 e. The molecule has 0 aromatic heterocycles. The Morgan fingerprint density at radius 3 is 2.59 bits per heavy atom. The summed E-state index contributed by atoms with van der Waals surface area (Å²) in [5.74, 6) is -0.681. The van der Waals surface area contributed by atoms with Crippen LogP contribution in [0, 0.1) is 0 Å². The molecule has 5 atom stereocenters. The molecule has 1 aromatic rings. The number of aliphatic hydroxyl groups excluding tert-OH is 1. The first-order valence-corrected chi connectivity index (χ1v) is 7.87. The van der Waals surface area contributed by atoms with Gasteiger partial charge in [-0.1, -0.05) is 30.3 Å². The number of ether oxygens (including phenoxy) is 4. The van der Waals surface area contributed by atoms with E-state index >= 15 is 0 Å². The normalized spacial score (nSPS) is 42.3. The Labute approximate surface area is 130 Å². The van der Waals surface area contributed by atoms with E-state index in [9.17, 15) is 5.11 Å². The summed E-state index contributed by atoms with van der Waals surface area (Å²) < 4.78 is 23.9. The molecule has 5 nitrogen and oxygen atoms in total. The lowest BCUT2D eigenvalue weighted by Crippen LogP contribution is -2.61. The van der Waals surface area contributed by atoms with Crippen LogP contribution in [0.5, 0.6) is 0 Å². The van der Waals surface area contributed by atoms with E-state index in [2.05, 4.69) is 0 Å². The van der Waals surface area contributed by atoms with Gasteiger partial charge in [0.05, 0.1) is 12.7 Å². The summed E-state index contributed by atoms with van der Waals surface area (Å²) in [6.07, 6.45) is -0.0984. The third-order valence-corrected chi connectivity index (χ3v) is 4.85. The van der Waals surface area contributed by atoms with Crippen LogP contribution in [0.2, 0.25) is 0 Å². The Morgan fingerprint density at radius 2 is 1.95 bits per heavy atom. The second-order valence-electron chi connectivity index (χ2n) is 6.81. The zero-order chi connectivity index (χ0) is 15.4. The lowest BCUT2D eigenvalue weighted by Gasteiger charge is -2.47. The van der Waals surface area contributed by atoms with E-state index in [-0.39, 0.29) is 12.2 Å². The number of aliphatic hydroxyl groups is 1. The fourth-order valence-corrected chi connectivity index (χ4v) is 3.64. The minimum absolute atomic E-state index is 0.298. The van der Waals surface area contributed by atoms with Crippen LogP contribution in [0.25, 0.3) is 0 Å². The topological polar surface area (TPSA) is 57.2 Å². The number of benzene rings is 1. The maximum atomic E-state index is 10.2. The first-order chi connectivity index (χ1) is 10.5. The number of hydrogen-bond acceptors (Lipinski definition) is 5. The highest BCUT2D eigenvalue weighted by Crippen LogP contribution is 2.52. The molecule has 3 unspecified atom stereocenters. The fraction of sp³-hybridized carbons (Fsp3) is 0.647. The second kappa shape index (κ2) is 5.01. The van der Waals surface area contributed by atoms with E-state index in [1.54, 1.807) is 0 Å². The van der Waals surface area contributed by atoms with Crippen molar-refractivity contribution in [2.75, 3.05) is 0 Å². The van der Waals surface area contributed by atoms with Gasteiger partial charge in [0.15, 0.2) is 12.1 Å². The molecule has 1 aliphatic carbocycles. The minimum atomic E-state index is -0.681. The zero-order valence-electron chi connectivity index (χ0n) is 12.9. The number of fused-ring (bicyclic) bond motifs is 1. The monoisotopic (exact) mass is 306 g/mol. The van der Waals surface area contributed by atoms with Gasteiger partial charge in [0.2, 0.25) is 0 Å². The van der Waals surface area contributed by atoms with Gasteiger partial charge < -0.3 is 24.1 Å². The number of rotatable bonds is 3. The highest BCUT2D eigenvalue weighted by Gasteiger charge is 2.68. The summed E-state index contributed by atoms with van der Waals surface area (Å²) in [4.78, 5) is 0. The quantitative estimate of drug-likeness (QED) is 0.925. The van der Waals surface area contributed by atoms with Crippen molar-refractivity contribution >= 4 is 0 Å². The molecule has 120 valence electrons. The molecule has 1 N–H and O–H groups in total. The molecule has 0 radical (unpaired) electrons. The van der Waals surface area contributed by atoms with E-state index < -0.39 is 23.8 Å². The lowest BCUT2D eigenvalue weighted by atomic mass is 9.73. The van der Waals surface area contributed by atoms with Crippen molar-refractivity contribution in [1.29, 1.82) is 0 Å². The number of hydrogen-bond donors (Lipinski definition) is 1. The summed E-state index contributed by atoms with van der Waals surface area (Å²) in [5.41, 5.74) is 0.411. The summed E-state index contributed by atoms with van der Waals surface area (Å²) >= 11 is 0. The second-order valence-corrected chi connectivity index (χ2v) is 6.81. The van der Waals surface area contributed by atoms with Gasteiger partial charge in [0.1, 0.15) is 17.8 Å². The van der Waals surface area contributed by atoms with Crippen LogP contribution in [0.15, 0.2) is 30.3 Å². The van der Waals surface area contributed by atoms with Gasteiger partial charge in [-0.05, 0) is 32.3 Å². The van der Waals surface area contributed by atoms with E-state index in [0.717, 1.165) is 18.4 Å². The zero-order valence-corrected chi connectivity index (χ0v) is 12.9. The predicted molar refractivity (Wildman–Crippen MR) is 77.9 cm³/mol. The van der Waals surface area contributed by atoms with E-state index in [4.69, 9.17) is 18.9 Å². The summed E-state index contributed by atoms with van der Waals surface area (Å²) in [6.45, 7) is 4.20. The SMILES string of the molecule is CC1(C)OC2O[C@]3(CCC3O)C(OCc3ccccc3)[C@@H]2O1. The molecule has 2 heterocycles. The van der Waals surface area contributed by atoms with Gasteiger partial charge in [0.25, 0.3) is 0 Å². The van der Waals surface area contributed by atoms with Gasteiger partial charge in [-0.2, -0.15) is 0 Å². The summed E-state index contributed by atoms with van der Waals surface area (Å²) in [6, 6.07) is 9.99. The molecule has 4 rings (SSSR count). The van der Waals surface area contributed by atoms with Crippen molar-refractivity contribution in [3.05, 3.63) is 35.9 Å². The Morgan fingerprint density at radius 1 is 1.18 bits per heavy atom. The van der Waals surface area contributed by atoms with Crippen molar-refractivity contribution in [3.8, 4) is 0 Å². The highest BCUT2D eigenvalue weighted by molar-refractivity contribution is 5.16. The standard InChI is InChI=1S/C17H22O5/c1-16(2)20-13-14(19-10-11-6-4-3-5-7-11)17(9-8-12(17)18)22-15(13)21-16/h3-7,12-15,18H,8-10H2,1-2H3/t12?,13-,14?,15?,17-/m0/s1. The molecular formula is C17H22O5. The molecule has 0 bridgehead atoms. The maximum absolute atomic E-state index is 10.2. The smallest absolute Gasteiger partial charge is 0.190 e. The minimum Gasteiger partial charge on any atom is -0.390 e. The van der Waals surface area contributed by atoms with Gasteiger partial charge in [-0.3, -0.25) is 0 Å².